The van der Waals surface area contributed by atoms with Crippen molar-refractivity contribution in [1.29, 1.82) is 0 Å². The van der Waals surface area contributed by atoms with Crippen molar-refractivity contribution in [2.45, 2.75) is 38.6 Å². The molecule has 0 bridgehead atoms. The maximum atomic E-state index is 14.0. The topological polar surface area (TPSA) is 32.8 Å². The second-order valence-corrected chi connectivity index (χ2v) is 7.24. The van der Waals surface area contributed by atoms with Crippen LogP contribution in [0.2, 0.25) is 0 Å². The van der Waals surface area contributed by atoms with Crippen LogP contribution in [0.5, 0.6) is 0 Å². The van der Waals surface area contributed by atoms with Crippen LogP contribution in [0.25, 0.3) is 0 Å². The van der Waals surface area contributed by atoms with Crippen LogP contribution in [0.3, 0.4) is 0 Å². The zero-order chi connectivity index (χ0) is 17.6. The third kappa shape index (κ3) is 4.79. The first-order valence-electron chi connectivity index (χ1n) is 9.49. The lowest BCUT2D eigenvalue weighted by atomic mass is 9.96. The molecule has 2 aliphatic heterocycles. The molecular formula is C20H29FN2O2. The van der Waals surface area contributed by atoms with Gasteiger partial charge in [0.05, 0.1) is 0 Å². The van der Waals surface area contributed by atoms with E-state index in [4.69, 9.17) is 4.74 Å². The molecule has 0 aliphatic carbocycles. The van der Waals surface area contributed by atoms with E-state index in [2.05, 4.69) is 4.90 Å². The van der Waals surface area contributed by atoms with E-state index in [0.29, 0.717) is 12.3 Å². The molecule has 0 N–H and O–H groups in total. The highest BCUT2D eigenvalue weighted by molar-refractivity contribution is 5.76. The van der Waals surface area contributed by atoms with Crippen molar-refractivity contribution in [2.75, 3.05) is 39.4 Å². The fraction of sp³-hybridized carbons (Fsp3) is 0.650. The second-order valence-electron chi connectivity index (χ2n) is 7.24. The van der Waals surface area contributed by atoms with E-state index in [9.17, 15) is 9.18 Å². The SMILES string of the molecule is C[C@H](c1ccccc1F)N1CCN(C(=O)CC[C@H]2CCCOC2)CC1. The van der Waals surface area contributed by atoms with Crippen molar-refractivity contribution in [3.8, 4) is 0 Å². The van der Waals surface area contributed by atoms with Gasteiger partial charge in [0.25, 0.3) is 0 Å². The Morgan fingerprint density at radius 3 is 2.72 bits per heavy atom. The Morgan fingerprint density at radius 2 is 2.04 bits per heavy atom. The molecule has 0 aromatic heterocycles. The van der Waals surface area contributed by atoms with E-state index >= 15 is 0 Å². The summed E-state index contributed by atoms with van der Waals surface area (Å²) in [5.41, 5.74) is 0.736. The molecule has 2 fully saturated rings. The molecule has 3 rings (SSSR count). The smallest absolute Gasteiger partial charge is 0.222 e. The Hall–Kier alpha value is -1.46. The van der Waals surface area contributed by atoms with Gasteiger partial charge in [-0.25, -0.2) is 4.39 Å². The molecule has 5 heteroatoms. The Morgan fingerprint density at radius 1 is 1.28 bits per heavy atom. The summed E-state index contributed by atoms with van der Waals surface area (Å²) in [6, 6.07) is 7.01. The van der Waals surface area contributed by atoms with Crippen molar-refractivity contribution in [3.05, 3.63) is 35.6 Å². The lowest BCUT2D eigenvalue weighted by molar-refractivity contribution is -0.133. The van der Waals surface area contributed by atoms with Gasteiger partial charge in [0.15, 0.2) is 0 Å². The van der Waals surface area contributed by atoms with E-state index in [0.717, 1.165) is 57.8 Å². The Balaban J connectivity index is 1.44. The van der Waals surface area contributed by atoms with Gasteiger partial charge in [-0.3, -0.25) is 9.69 Å². The first kappa shape index (κ1) is 18.3. The van der Waals surface area contributed by atoms with Crippen molar-refractivity contribution >= 4 is 5.91 Å². The van der Waals surface area contributed by atoms with E-state index in [1.54, 1.807) is 6.07 Å². The fourth-order valence-corrected chi connectivity index (χ4v) is 3.89. The van der Waals surface area contributed by atoms with Crippen molar-refractivity contribution in [2.24, 2.45) is 5.92 Å². The minimum atomic E-state index is -0.150. The normalized spacial score (nSPS) is 23.4. The van der Waals surface area contributed by atoms with E-state index < -0.39 is 0 Å². The lowest BCUT2D eigenvalue weighted by Crippen LogP contribution is -2.49. The summed E-state index contributed by atoms with van der Waals surface area (Å²) < 4.78 is 19.5. The van der Waals surface area contributed by atoms with Gasteiger partial charge in [-0.1, -0.05) is 18.2 Å². The molecule has 0 spiro atoms. The summed E-state index contributed by atoms with van der Waals surface area (Å²) in [4.78, 5) is 16.7. The first-order valence-corrected chi connectivity index (χ1v) is 9.49. The van der Waals surface area contributed by atoms with Gasteiger partial charge >= 0.3 is 0 Å². The second kappa shape index (κ2) is 8.77. The van der Waals surface area contributed by atoms with Crippen molar-refractivity contribution in [1.82, 2.24) is 9.80 Å². The third-order valence-electron chi connectivity index (χ3n) is 5.59. The predicted molar refractivity (Wildman–Crippen MR) is 95.7 cm³/mol. The third-order valence-corrected chi connectivity index (χ3v) is 5.59. The van der Waals surface area contributed by atoms with Crippen LogP contribution in [-0.4, -0.2) is 55.1 Å². The number of nitrogens with zero attached hydrogens (tertiary/aromatic N) is 2. The minimum Gasteiger partial charge on any atom is -0.381 e. The van der Waals surface area contributed by atoms with Crippen LogP contribution in [0.1, 0.15) is 44.2 Å². The molecular weight excluding hydrogens is 319 g/mol. The number of rotatable bonds is 5. The Bertz CT molecular complexity index is 567. The zero-order valence-corrected chi connectivity index (χ0v) is 15.1. The number of halogens is 1. The number of carbonyl (C=O) groups excluding carboxylic acids is 1. The predicted octanol–water partition coefficient (Wildman–Crippen LogP) is 3.24. The summed E-state index contributed by atoms with van der Waals surface area (Å²) in [6.45, 7) is 6.78. The van der Waals surface area contributed by atoms with Gasteiger partial charge in [-0.05, 0) is 38.2 Å². The van der Waals surface area contributed by atoms with Crippen LogP contribution in [0, 0.1) is 11.7 Å². The molecule has 25 heavy (non-hydrogen) atoms. The molecule has 1 aromatic carbocycles. The quantitative estimate of drug-likeness (QED) is 0.819. The van der Waals surface area contributed by atoms with Gasteiger partial charge in [0.1, 0.15) is 5.82 Å². The summed E-state index contributed by atoms with van der Waals surface area (Å²) in [5.74, 6) is 0.645. The Labute approximate surface area is 149 Å². The molecule has 1 amide bonds. The standard InChI is InChI=1S/C20H29FN2O2/c1-16(18-6-2-3-7-19(18)21)22-10-12-23(13-11-22)20(24)9-8-17-5-4-14-25-15-17/h2-3,6-7,16-17H,4-5,8-15H2,1H3/t16-,17-/m1/s1. The highest BCUT2D eigenvalue weighted by Crippen LogP contribution is 2.24. The molecule has 2 heterocycles. The van der Waals surface area contributed by atoms with Crippen LogP contribution in [0.4, 0.5) is 4.39 Å². The highest BCUT2D eigenvalue weighted by Gasteiger charge is 2.26. The van der Waals surface area contributed by atoms with Crippen LogP contribution in [0.15, 0.2) is 24.3 Å². The number of benzene rings is 1. The van der Waals surface area contributed by atoms with Gasteiger partial charge in [0, 0.05) is 57.4 Å². The number of hydrogen-bond acceptors (Lipinski definition) is 3. The molecule has 1 aromatic rings. The van der Waals surface area contributed by atoms with Gasteiger partial charge in [-0.15, -0.1) is 0 Å². The number of ether oxygens (including phenoxy) is 1. The molecule has 0 unspecified atom stereocenters. The molecule has 4 nitrogen and oxygen atoms in total. The van der Waals surface area contributed by atoms with Crippen molar-refractivity contribution < 1.29 is 13.9 Å². The van der Waals surface area contributed by atoms with E-state index in [1.807, 2.05) is 24.0 Å². The maximum absolute atomic E-state index is 14.0. The molecule has 138 valence electrons. The number of piperazine rings is 1. The summed E-state index contributed by atoms with van der Waals surface area (Å²) in [5, 5.41) is 0. The average molecular weight is 348 g/mol. The van der Waals surface area contributed by atoms with E-state index in [-0.39, 0.29) is 17.8 Å². The summed E-state index contributed by atoms with van der Waals surface area (Å²) in [7, 11) is 0. The molecule has 0 radical (unpaired) electrons. The van der Waals surface area contributed by atoms with Gasteiger partial charge in [-0.2, -0.15) is 0 Å². The molecule has 2 atom stereocenters. The number of carbonyl (C=O) groups is 1. The fourth-order valence-electron chi connectivity index (χ4n) is 3.89. The van der Waals surface area contributed by atoms with Crippen LogP contribution < -0.4 is 0 Å². The summed E-state index contributed by atoms with van der Waals surface area (Å²) >= 11 is 0. The summed E-state index contributed by atoms with van der Waals surface area (Å²) in [6.07, 6.45) is 3.86. The molecule has 2 saturated heterocycles. The monoisotopic (exact) mass is 348 g/mol. The largest absolute Gasteiger partial charge is 0.381 e. The van der Waals surface area contributed by atoms with E-state index in [1.165, 1.54) is 12.5 Å². The van der Waals surface area contributed by atoms with Gasteiger partial charge in [0.2, 0.25) is 5.91 Å². The molecule has 0 saturated carbocycles. The Kier molecular flexibility index (Phi) is 6.43. The first-order chi connectivity index (χ1) is 12.1. The number of hydrogen-bond donors (Lipinski definition) is 0. The zero-order valence-electron chi connectivity index (χ0n) is 15.1. The average Bonchev–Trinajstić information content (AvgIpc) is 2.67. The maximum Gasteiger partial charge on any atom is 0.222 e. The van der Waals surface area contributed by atoms with Gasteiger partial charge < -0.3 is 9.64 Å². The van der Waals surface area contributed by atoms with Crippen LogP contribution >= 0.6 is 0 Å². The minimum absolute atomic E-state index is 0.0397. The van der Waals surface area contributed by atoms with Crippen LogP contribution in [-0.2, 0) is 9.53 Å². The lowest BCUT2D eigenvalue weighted by Gasteiger charge is -2.38. The molecule has 2 aliphatic rings. The number of amides is 1. The highest BCUT2D eigenvalue weighted by atomic mass is 19.1. The van der Waals surface area contributed by atoms with Crippen molar-refractivity contribution in [3.63, 3.8) is 0 Å².